The highest BCUT2D eigenvalue weighted by Crippen LogP contribution is 2.15. The van der Waals surface area contributed by atoms with Crippen molar-refractivity contribution in [3.63, 3.8) is 0 Å². The summed E-state index contributed by atoms with van der Waals surface area (Å²) in [7, 11) is 0. The Hall–Kier alpha value is -1.41. The maximum Gasteiger partial charge on any atom is 0.247 e. The summed E-state index contributed by atoms with van der Waals surface area (Å²) in [4.78, 5) is 24.2. The summed E-state index contributed by atoms with van der Waals surface area (Å²) in [6.07, 6.45) is 0.165. The first-order valence-electron chi connectivity index (χ1n) is 4.54. The number of nitrogens with zero attached hydrogens (tertiary/aromatic N) is 2. The summed E-state index contributed by atoms with van der Waals surface area (Å²) in [6.45, 7) is 3.68. The van der Waals surface area contributed by atoms with Crippen molar-refractivity contribution < 1.29 is 9.59 Å². The maximum atomic E-state index is 11.6. The molecule has 14 heavy (non-hydrogen) atoms. The number of amides is 2. The van der Waals surface area contributed by atoms with Crippen LogP contribution in [-0.2, 0) is 9.59 Å². The van der Waals surface area contributed by atoms with Crippen molar-refractivity contribution in [3.8, 4) is 6.07 Å². The van der Waals surface area contributed by atoms with Gasteiger partial charge in [-0.25, -0.2) is 0 Å². The predicted molar refractivity (Wildman–Crippen MR) is 49.0 cm³/mol. The van der Waals surface area contributed by atoms with E-state index in [0.29, 0.717) is 0 Å². The van der Waals surface area contributed by atoms with Gasteiger partial charge >= 0.3 is 0 Å². The summed E-state index contributed by atoms with van der Waals surface area (Å²) in [6, 6.07) is 1.26. The number of nitriles is 1. The molecule has 0 saturated carbocycles. The van der Waals surface area contributed by atoms with Crippen LogP contribution in [0.1, 0.15) is 20.3 Å². The lowest BCUT2D eigenvalue weighted by Crippen LogP contribution is -2.41. The molecule has 5 nitrogen and oxygen atoms in total. The van der Waals surface area contributed by atoms with Gasteiger partial charge in [0.1, 0.15) is 0 Å². The molecule has 0 aliphatic carbocycles. The smallest absolute Gasteiger partial charge is 0.247 e. The number of rotatable bonds is 3. The first-order valence-corrected chi connectivity index (χ1v) is 4.54. The van der Waals surface area contributed by atoms with Gasteiger partial charge in [0.25, 0.3) is 0 Å². The van der Waals surface area contributed by atoms with Crippen molar-refractivity contribution in [3.05, 3.63) is 0 Å². The van der Waals surface area contributed by atoms with Crippen LogP contribution in [0.2, 0.25) is 0 Å². The van der Waals surface area contributed by atoms with Crippen LogP contribution >= 0.6 is 0 Å². The third-order valence-electron chi connectivity index (χ3n) is 2.13. The van der Waals surface area contributed by atoms with Gasteiger partial charge in [0, 0.05) is 6.04 Å². The Kier molecular flexibility index (Phi) is 3.20. The van der Waals surface area contributed by atoms with Gasteiger partial charge in [-0.2, -0.15) is 5.26 Å². The molecule has 0 bridgehead atoms. The molecule has 1 unspecified atom stereocenters. The maximum absolute atomic E-state index is 11.6. The number of hydrogen-bond donors (Lipinski definition) is 1. The van der Waals surface area contributed by atoms with E-state index >= 15 is 0 Å². The zero-order valence-electron chi connectivity index (χ0n) is 8.28. The lowest BCUT2D eigenvalue weighted by molar-refractivity contribution is -0.140. The molecular weight excluding hydrogens is 182 g/mol. The summed E-state index contributed by atoms with van der Waals surface area (Å²) in [5.41, 5.74) is 0. The molecule has 2 amide bonds. The SMILES string of the molecule is CC(C)N1C(=O)CC(NCC#N)C1=O. The molecule has 5 heteroatoms. The van der Waals surface area contributed by atoms with Gasteiger partial charge in [0.2, 0.25) is 11.8 Å². The Morgan fingerprint density at radius 1 is 1.64 bits per heavy atom. The molecule has 1 aliphatic rings. The van der Waals surface area contributed by atoms with Crippen LogP contribution in [0, 0.1) is 11.3 Å². The van der Waals surface area contributed by atoms with Crippen molar-refractivity contribution in [2.24, 2.45) is 0 Å². The van der Waals surface area contributed by atoms with E-state index in [1.807, 2.05) is 6.07 Å². The molecule has 0 aromatic heterocycles. The van der Waals surface area contributed by atoms with Crippen molar-refractivity contribution in [1.29, 1.82) is 5.26 Å². The molecule has 1 atom stereocenters. The van der Waals surface area contributed by atoms with Gasteiger partial charge in [-0.3, -0.25) is 19.8 Å². The summed E-state index contributed by atoms with van der Waals surface area (Å²) in [5.74, 6) is -0.388. The minimum Gasteiger partial charge on any atom is -0.293 e. The fraction of sp³-hybridized carbons (Fsp3) is 0.667. The van der Waals surface area contributed by atoms with Crippen molar-refractivity contribution in [2.75, 3.05) is 6.54 Å². The van der Waals surface area contributed by atoms with Gasteiger partial charge in [0.15, 0.2) is 0 Å². The molecule has 1 rings (SSSR count). The van der Waals surface area contributed by atoms with E-state index in [4.69, 9.17) is 5.26 Å². The first kappa shape index (κ1) is 10.7. The number of imide groups is 1. The molecule has 1 aliphatic heterocycles. The van der Waals surface area contributed by atoms with E-state index in [1.54, 1.807) is 13.8 Å². The van der Waals surface area contributed by atoms with Crippen LogP contribution in [0.5, 0.6) is 0 Å². The second-order valence-electron chi connectivity index (χ2n) is 3.49. The molecule has 1 fully saturated rings. The number of nitrogens with one attached hydrogen (secondary N) is 1. The number of carbonyl (C=O) groups excluding carboxylic acids is 2. The van der Waals surface area contributed by atoms with E-state index in [2.05, 4.69) is 5.32 Å². The van der Waals surface area contributed by atoms with E-state index in [0.717, 1.165) is 0 Å². The zero-order valence-corrected chi connectivity index (χ0v) is 8.28. The Morgan fingerprint density at radius 2 is 2.29 bits per heavy atom. The predicted octanol–water partition coefficient (Wildman–Crippen LogP) is -0.365. The molecule has 1 N–H and O–H groups in total. The van der Waals surface area contributed by atoms with E-state index in [1.165, 1.54) is 4.90 Å². The number of carbonyl (C=O) groups is 2. The van der Waals surface area contributed by atoms with E-state index in [9.17, 15) is 9.59 Å². The van der Waals surface area contributed by atoms with Gasteiger partial charge in [-0.05, 0) is 13.8 Å². The zero-order chi connectivity index (χ0) is 10.7. The van der Waals surface area contributed by atoms with Gasteiger partial charge in [-0.1, -0.05) is 0 Å². The third-order valence-corrected chi connectivity index (χ3v) is 2.13. The van der Waals surface area contributed by atoms with E-state index in [-0.39, 0.29) is 30.8 Å². The van der Waals surface area contributed by atoms with Crippen LogP contribution in [0.15, 0.2) is 0 Å². The summed E-state index contributed by atoms with van der Waals surface area (Å²) >= 11 is 0. The highest BCUT2D eigenvalue weighted by atomic mass is 16.2. The normalized spacial score (nSPS) is 21.9. The van der Waals surface area contributed by atoms with E-state index < -0.39 is 6.04 Å². The minimum absolute atomic E-state index is 0.0929. The molecule has 0 aromatic carbocycles. The largest absolute Gasteiger partial charge is 0.293 e. The first-order chi connectivity index (χ1) is 6.57. The molecule has 0 spiro atoms. The second kappa shape index (κ2) is 4.20. The fourth-order valence-electron chi connectivity index (χ4n) is 1.52. The van der Waals surface area contributed by atoms with Gasteiger partial charge in [0.05, 0.1) is 25.1 Å². The molecular formula is C9H13N3O2. The Labute approximate surface area is 82.7 Å². The average molecular weight is 195 g/mol. The van der Waals surface area contributed by atoms with Crippen LogP contribution in [0.3, 0.4) is 0 Å². The average Bonchev–Trinajstić information content (AvgIpc) is 2.38. The molecule has 0 radical (unpaired) electrons. The fourth-order valence-corrected chi connectivity index (χ4v) is 1.52. The molecule has 76 valence electrons. The number of likely N-dealkylation sites (tertiary alicyclic amines) is 1. The highest BCUT2D eigenvalue weighted by molar-refractivity contribution is 6.05. The minimum atomic E-state index is -0.510. The van der Waals surface area contributed by atoms with Crippen molar-refractivity contribution in [2.45, 2.75) is 32.4 Å². The lowest BCUT2D eigenvalue weighted by Gasteiger charge is -2.18. The van der Waals surface area contributed by atoms with Crippen molar-refractivity contribution in [1.82, 2.24) is 10.2 Å². The van der Waals surface area contributed by atoms with Crippen LogP contribution in [0.25, 0.3) is 0 Å². The molecule has 0 aromatic rings. The van der Waals surface area contributed by atoms with Crippen LogP contribution in [-0.4, -0.2) is 35.3 Å². The van der Waals surface area contributed by atoms with Gasteiger partial charge < -0.3 is 0 Å². The standard InChI is InChI=1S/C9H13N3O2/c1-6(2)12-8(13)5-7(9(12)14)11-4-3-10/h6-7,11H,4-5H2,1-2H3. The lowest BCUT2D eigenvalue weighted by atomic mass is 10.2. The van der Waals surface area contributed by atoms with Crippen molar-refractivity contribution >= 4 is 11.8 Å². The molecule has 1 heterocycles. The van der Waals surface area contributed by atoms with Gasteiger partial charge in [-0.15, -0.1) is 0 Å². The van der Waals surface area contributed by atoms with Crippen LogP contribution < -0.4 is 5.32 Å². The molecule has 1 saturated heterocycles. The Morgan fingerprint density at radius 3 is 2.71 bits per heavy atom. The quantitative estimate of drug-likeness (QED) is 0.493. The third kappa shape index (κ3) is 1.91. The monoisotopic (exact) mass is 195 g/mol. The topological polar surface area (TPSA) is 73.2 Å². The highest BCUT2D eigenvalue weighted by Gasteiger charge is 2.39. The summed E-state index contributed by atoms with van der Waals surface area (Å²) < 4.78 is 0. The Balaban J connectivity index is 2.65. The number of hydrogen-bond acceptors (Lipinski definition) is 4. The summed E-state index contributed by atoms with van der Waals surface area (Å²) in [5, 5.41) is 11.1. The van der Waals surface area contributed by atoms with Crippen LogP contribution in [0.4, 0.5) is 0 Å². The Bertz CT molecular complexity index is 293. The second-order valence-corrected chi connectivity index (χ2v) is 3.49.